The molecule has 0 saturated carbocycles. The number of carbonyl (C=O) groups excluding carboxylic acids is 2. The van der Waals surface area contributed by atoms with Gasteiger partial charge in [0.15, 0.2) is 0 Å². The first-order valence-corrected chi connectivity index (χ1v) is 8.16. The summed E-state index contributed by atoms with van der Waals surface area (Å²) in [6.07, 6.45) is 5.09. The van der Waals surface area contributed by atoms with Crippen LogP contribution in [0.5, 0.6) is 0 Å². The molecule has 0 bridgehead atoms. The van der Waals surface area contributed by atoms with Crippen molar-refractivity contribution >= 4 is 23.6 Å². The van der Waals surface area contributed by atoms with Gasteiger partial charge in [-0.3, -0.25) is 14.6 Å². The van der Waals surface area contributed by atoms with Gasteiger partial charge in [-0.05, 0) is 31.9 Å². The maximum atomic E-state index is 12.2. The molecule has 1 aromatic rings. The van der Waals surface area contributed by atoms with Crippen molar-refractivity contribution < 1.29 is 14.3 Å². The average Bonchev–Trinajstić information content (AvgIpc) is 2.54. The summed E-state index contributed by atoms with van der Waals surface area (Å²) >= 11 is 1.49. The summed E-state index contributed by atoms with van der Waals surface area (Å²) in [5, 5.41) is 0. The second-order valence-electron chi connectivity index (χ2n) is 4.90. The van der Waals surface area contributed by atoms with E-state index in [4.69, 9.17) is 4.74 Å². The molecule has 5 nitrogen and oxygen atoms in total. The van der Waals surface area contributed by atoms with Crippen LogP contribution >= 0.6 is 11.8 Å². The summed E-state index contributed by atoms with van der Waals surface area (Å²) in [5.74, 6) is 0.107. The molecule has 1 atom stereocenters. The van der Waals surface area contributed by atoms with Crippen LogP contribution in [-0.4, -0.2) is 47.2 Å². The van der Waals surface area contributed by atoms with Crippen LogP contribution in [0.4, 0.5) is 0 Å². The van der Waals surface area contributed by atoms with E-state index in [-0.39, 0.29) is 17.8 Å². The van der Waals surface area contributed by atoms with Crippen molar-refractivity contribution in [1.82, 2.24) is 9.88 Å². The zero-order valence-electron chi connectivity index (χ0n) is 12.2. The highest BCUT2D eigenvalue weighted by Gasteiger charge is 2.29. The van der Waals surface area contributed by atoms with Crippen LogP contribution in [0, 0.1) is 5.92 Å². The van der Waals surface area contributed by atoms with Gasteiger partial charge in [0.05, 0.1) is 18.3 Å². The first-order valence-electron chi connectivity index (χ1n) is 7.18. The molecule has 0 radical (unpaired) electrons. The molecule has 1 saturated heterocycles. The Balaban J connectivity index is 1.83. The number of amides is 1. The SMILES string of the molecule is CCOC(=O)[C@H]1CCCN(C(=O)CSc2ccncc2)C1. The molecule has 2 rings (SSSR count). The Morgan fingerprint density at radius 2 is 2.19 bits per heavy atom. The molecule has 1 amide bonds. The number of hydrogen-bond acceptors (Lipinski definition) is 5. The summed E-state index contributed by atoms with van der Waals surface area (Å²) < 4.78 is 5.05. The quantitative estimate of drug-likeness (QED) is 0.615. The van der Waals surface area contributed by atoms with E-state index in [1.165, 1.54) is 11.8 Å². The van der Waals surface area contributed by atoms with Gasteiger partial charge in [-0.1, -0.05) is 0 Å². The van der Waals surface area contributed by atoms with Gasteiger partial charge in [-0.25, -0.2) is 0 Å². The largest absolute Gasteiger partial charge is 0.466 e. The number of rotatable bonds is 5. The third-order valence-corrected chi connectivity index (χ3v) is 4.40. The van der Waals surface area contributed by atoms with Crippen molar-refractivity contribution in [3.05, 3.63) is 24.5 Å². The molecule has 114 valence electrons. The predicted molar refractivity (Wildman–Crippen MR) is 80.9 cm³/mol. The van der Waals surface area contributed by atoms with Crippen LogP contribution in [0.1, 0.15) is 19.8 Å². The summed E-state index contributed by atoms with van der Waals surface area (Å²) in [6.45, 7) is 3.40. The number of esters is 1. The third-order valence-electron chi connectivity index (χ3n) is 3.41. The zero-order valence-corrected chi connectivity index (χ0v) is 13.0. The number of nitrogens with zero attached hydrogens (tertiary/aromatic N) is 2. The molecule has 2 heterocycles. The number of aromatic nitrogens is 1. The molecule has 1 fully saturated rings. The van der Waals surface area contributed by atoms with Crippen molar-refractivity contribution in [3.8, 4) is 0 Å². The summed E-state index contributed by atoms with van der Waals surface area (Å²) in [5.41, 5.74) is 0. The minimum Gasteiger partial charge on any atom is -0.466 e. The minimum absolute atomic E-state index is 0.0748. The van der Waals surface area contributed by atoms with Crippen molar-refractivity contribution in [1.29, 1.82) is 0 Å². The molecule has 1 aromatic heterocycles. The first kappa shape index (κ1) is 15.8. The van der Waals surface area contributed by atoms with Crippen molar-refractivity contribution in [2.24, 2.45) is 5.92 Å². The van der Waals surface area contributed by atoms with Gasteiger partial charge in [0.2, 0.25) is 5.91 Å². The normalized spacial score (nSPS) is 18.3. The fourth-order valence-electron chi connectivity index (χ4n) is 2.33. The van der Waals surface area contributed by atoms with E-state index < -0.39 is 0 Å². The van der Waals surface area contributed by atoms with Gasteiger partial charge in [-0.2, -0.15) is 0 Å². The smallest absolute Gasteiger partial charge is 0.310 e. The Hall–Kier alpha value is -1.56. The number of hydrogen-bond donors (Lipinski definition) is 0. The number of piperidine rings is 1. The molecular formula is C15H20N2O3S. The third kappa shape index (κ3) is 4.74. The average molecular weight is 308 g/mol. The van der Waals surface area contributed by atoms with Crippen molar-refractivity contribution in [2.45, 2.75) is 24.7 Å². The molecule has 1 aliphatic heterocycles. The van der Waals surface area contributed by atoms with Gasteiger partial charge >= 0.3 is 5.97 Å². The van der Waals surface area contributed by atoms with Crippen molar-refractivity contribution in [2.75, 3.05) is 25.4 Å². The maximum Gasteiger partial charge on any atom is 0.310 e. The van der Waals surface area contributed by atoms with Gasteiger partial charge in [0.25, 0.3) is 0 Å². The lowest BCUT2D eigenvalue weighted by Gasteiger charge is -2.31. The summed E-state index contributed by atoms with van der Waals surface area (Å²) in [7, 11) is 0. The van der Waals surface area contributed by atoms with Crippen LogP contribution < -0.4 is 0 Å². The van der Waals surface area contributed by atoms with E-state index in [2.05, 4.69) is 4.98 Å². The van der Waals surface area contributed by atoms with Crippen LogP contribution in [0.2, 0.25) is 0 Å². The summed E-state index contributed by atoms with van der Waals surface area (Å²) in [4.78, 5) is 30.8. The monoisotopic (exact) mass is 308 g/mol. The zero-order chi connectivity index (χ0) is 15.1. The van der Waals surface area contributed by atoms with Gasteiger partial charge in [0.1, 0.15) is 0 Å². The number of thioether (sulfide) groups is 1. The second-order valence-corrected chi connectivity index (χ2v) is 5.95. The first-order chi connectivity index (χ1) is 10.2. The Morgan fingerprint density at radius 3 is 2.90 bits per heavy atom. The number of carbonyl (C=O) groups is 2. The molecule has 0 N–H and O–H groups in total. The topological polar surface area (TPSA) is 59.5 Å². The molecule has 0 spiro atoms. The van der Waals surface area contributed by atoms with Gasteiger partial charge in [-0.15, -0.1) is 11.8 Å². The van der Waals surface area contributed by atoms with Crippen LogP contribution in [0.15, 0.2) is 29.4 Å². The minimum atomic E-state index is -0.184. The Labute approximate surface area is 129 Å². The standard InChI is InChI=1S/C15H20N2O3S/c1-2-20-15(19)12-4-3-9-17(10-12)14(18)11-21-13-5-7-16-8-6-13/h5-8,12H,2-4,9-11H2,1H3/t12-/m0/s1. The summed E-state index contributed by atoms with van der Waals surface area (Å²) in [6, 6.07) is 3.77. The van der Waals surface area contributed by atoms with E-state index >= 15 is 0 Å². The van der Waals surface area contributed by atoms with E-state index in [1.807, 2.05) is 12.1 Å². The second kappa shape index (κ2) is 8.02. The van der Waals surface area contributed by atoms with E-state index in [9.17, 15) is 9.59 Å². The Bertz CT molecular complexity index is 481. The van der Waals surface area contributed by atoms with Gasteiger partial charge < -0.3 is 9.64 Å². The highest BCUT2D eigenvalue weighted by Crippen LogP contribution is 2.21. The van der Waals surface area contributed by atoms with Crippen molar-refractivity contribution in [3.63, 3.8) is 0 Å². The lowest BCUT2D eigenvalue weighted by Crippen LogP contribution is -2.43. The molecule has 0 unspecified atom stereocenters. The highest BCUT2D eigenvalue weighted by molar-refractivity contribution is 8.00. The van der Waals surface area contributed by atoms with Gasteiger partial charge in [0, 0.05) is 30.4 Å². The van der Waals surface area contributed by atoms with E-state index in [0.717, 1.165) is 24.3 Å². The number of ether oxygens (including phenoxy) is 1. The lowest BCUT2D eigenvalue weighted by molar-refractivity contribution is -0.151. The number of likely N-dealkylation sites (tertiary alicyclic amines) is 1. The fraction of sp³-hybridized carbons (Fsp3) is 0.533. The molecule has 0 aromatic carbocycles. The Kier molecular flexibility index (Phi) is 6.04. The maximum absolute atomic E-state index is 12.2. The highest BCUT2D eigenvalue weighted by atomic mass is 32.2. The van der Waals surface area contributed by atoms with E-state index in [0.29, 0.717) is 18.9 Å². The van der Waals surface area contributed by atoms with Crippen LogP contribution in [0.3, 0.4) is 0 Å². The lowest BCUT2D eigenvalue weighted by atomic mass is 9.98. The molecule has 6 heteroatoms. The molecular weight excluding hydrogens is 288 g/mol. The predicted octanol–water partition coefficient (Wildman–Crippen LogP) is 1.98. The molecule has 1 aliphatic rings. The molecule has 21 heavy (non-hydrogen) atoms. The Morgan fingerprint density at radius 1 is 1.43 bits per heavy atom. The van der Waals surface area contributed by atoms with E-state index in [1.54, 1.807) is 24.2 Å². The fourth-order valence-corrected chi connectivity index (χ4v) is 3.11. The van der Waals surface area contributed by atoms with Crippen LogP contribution in [-0.2, 0) is 14.3 Å². The van der Waals surface area contributed by atoms with Crippen LogP contribution in [0.25, 0.3) is 0 Å². The number of pyridine rings is 1. The molecule has 0 aliphatic carbocycles.